The molecule has 0 aromatic heterocycles. The van der Waals surface area contributed by atoms with Gasteiger partial charge in [0.25, 0.3) is 11.4 Å². The van der Waals surface area contributed by atoms with Gasteiger partial charge < -0.3 is 9.47 Å². The van der Waals surface area contributed by atoms with Crippen LogP contribution in [-0.4, -0.2) is 27.9 Å². The van der Waals surface area contributed by atoms with Crippen molar-refractivity contribution in [2.45, 2.75) is 124 Å². The number of hydrogen-bond donors (Lipinski definition) is 0. The Hall–Kier alpha value is -3.30. The summed E-state index contributed by atoms with van der Waals surface area (Å²) in [6, 6.07) is 3.05. The van der Waals surface area contributed by atoms with Gasteiger partial charge in [0, 0.05) is 29.8 Å². The van der Waals surface area contributed by atoms with Crippen molar-refractivity contribution in [2.75, 3.05) is 0 Å². The lowest BCUT2D eigenvalue weighted by Crippen LogP contribution is -2.54. The minimum Gasteiger partial charge on any atom is -0.459 e. The Kier molecular flexibility index (Phi) is 11.0. The van der Waals surface area contributed by atoms with Crippen molar-refractivity contribution in [1.82, 2.24) is 0 Å². The lowest BCUT2D eigenvalue weighted by Gasteiger charge is -2.61. The minimum atomic E-state index is -0.848. The maximum Gasteiger partial charge on any atom is 0.331 e. The number of ether oxygens (including phenoxy) is 2. The van der Waals surface area contributed by atoms with E-state index in [1.807, 2.05) is 0 Å². The van der Waals surface area contributed by atoms with Gasteiger partial charge in [0.1, 0.15) is 12.7 Å². The summed E-state index contributed by atoms with van der Waals surface area (Å²) in [4.78, 5) is 45.6. The number of nitro groups is 2. The molecule has 4 fully saturated rings. The molecule has 10 nitrogen and oxygen atoms in total. The van der Waals surface area contributed by atoms with Gasteiger partial charge in [-0.05, 0) is 110 Å². The van der Waals surface area contributed by atoms with Gasteiger partial charge in [-0.2, -0.15) is 0 Å². The quantitative estimate of drug-likeness (QED) is 0.0931. The van der Waals surface area contributed by atoms with Crippen molar-refractivity contribution < 1.29 is 28.9 Å². The number of non-ortho nitro benzene ring substituents is 2. The summed E-state index contributed by atoms with van der Waals surface area (Å²) in [6.45, 7) is 11.9. The summed E-state index contributed by atoms with van der Waals surface area (Å²) in [5.41, 5.74) is -0.104. The number of carbonyl (C=O) groups excluding carboxylic acids is 2. The van der Waals surface area contributed by atoms with Crippen LogP contribution >= 0.6 is 0 Å². The van der Waals surface area contributed by atoms with E-state index in [1.54, 1.807) is 0 Å². The van der Waals surface area contributed by atoms with Crippen LogP contribution in [0.15, 0.2) is 30.4 Å². The van der Waals surface area contributed by atoms with E-state index in [1.165, 1.54) is 57.8 Å². The van der Waals surface area contributed by atoms with Gasteiger partial charge >= 0.3 is 11.9 Å². The second kappa shape index (κ2) is 14.7. The van der Waals surface area contributed by atoms with Crippen molar-refractivity contribution in [3.8, 4) is 0 Å². The number of hydrogen-bond acceptors (Lipinski definition) is 8. The van der Waals surface area contributed by atoms with E-state index in [0.29, 0.717) is 11.3 Å². The smallest absolute Gasteiger partial charge is 0.331 e. The summed E-state index contributed by atoms with van der Waals surface area (Å²) in [5.74, 6) is 3.89. The van der Waals surface area contributed by atoms with Crippen LogP contribution in [0.5, 0.6) is 0 Å². The summed E-state index contributed by atoms with van der Waals surface area (Å²) < 4.78 is 10.9. The van der Waals surface area contributed by atoms with Crippen LogP contribution in [0.1, 0.15) is 117 Å². The average Bonchev–Trinajstić information content (AvgIpc) is 3.40. The van der Waals surface area contributed by atoms with E-state index in [4.69, 9.17) is 9.47 Å². The second-order valence-electron chi connectivity index (χ2n) is 16.3. The van der Waals surface area contributed by atoms with Crippen LogP contribution in [0.4, 0.5) is 11.4 Å². The van der Waals surface area contributed by atoms with Crippen molar-refractivity contribution in [3.63, 3.8) is 0 Å². The minimum absolute atomic E-state index is 0.0993. The first-order valence-electron chi connectivity index (χ1n) is 18.2. The third kappa shape index (κ3) is 7.62. The van der Waals surface area contributed by atoms with Gasteiger partial charge in [-0.1, -0.05) is 53.9 Å². The van der Waals surface area contributed by atoms with Crippen LogP contribution in [0, 0.1) is 72.5 Å². The van der Waals surface area contributed by atoms with E-state index >= 15 is 0 Å². The van der Waals surface area contributed by atoms with Gasteiger partial charge in [-0.15, -0.1) is 0 Å². The van der Waals surface area contributed by atoms with Gasteiger partial charge in [0.05, 0.1) is 15.9 Å². The van der Waals surface area contributed by atoms with Gasteiger partial charge in [-0.25, -0.2) is 9.59 Å². The molecule has 4 saturated carbocycles. The summed E-state index contributed by atoms with van der Waals surface area (Å²) in [5, 5.41) is 22.2. The number of fused-ring (bicyclic) bond motifs is 5. The summed E-state index contributed by atoms with van der Waals surface area (Å²) >= 11 is 0. The zero-order chi connectivity index (χ0) is 34.8. The summed E-state index contributed by atoms with van der Waals surface area (Å²) in [6.07, 6.45) is 16.5. The van der Waals surface area contributed by atoms with Crippen molar-refractivity contribution >= 4 is 23.3 Å². The molecule has 0 heterocycles. The normalized spacial score (nSPS) is 33.4. The molecular weight excluding hydrogens is 612 g/mol. The van der Waals surface area contributed by atoms with Gasteiger partial charge in [-0.3, -0.25) is 20.2 Å². The van der Waals surface area contributed by atoms with Crippen LogP contribution in [0.25, 0.3) is 0 Å². The number of esters is 2. The van der Waals surface area contributed by atoms with Crippen molar-refractivity contribution in [1.29, 1.82) is 0 Å². The highest BCUT2D eigenvalue weighted by Crippen LogP contribution is 2.68. The molecule has 0 N–H and O–H groups in total. The Bertz CT molecular complexity index is 1380. The zero-order valence-corrected chi connectivity index (χ0v) is 29.4. The van der Waals surface area contributed by atoms with E-state index in [2.05, 4.69) is 34.6 Å². The van der Waals surface area contributed by atoms with E-state index in [9.17, 15) is 29.8 Å². The SMILES string of the molecule is CC(C)CCCC(C)C1CCC2C3CCC4CC(OC(=O)C=CC(=O)OCc5cc([N+](=O)[O-])cc([N+](=O)[O-])c5)CCC4(C)C3CCC12C. The molecule has 0 radical (unpaired) electrons. The fourth-order valence-corrected chi connectivity index (χ4v) is 10.8. The fraction of sp³-hybridized carbons (Fsp3) is 0.737. The maximum absolute atomic E-state index is 12.7. The zero-order valence-electron chi connectivity index (χ0n) is 29.4. The second-order valence-corrected chi connectivity index (χ2v) is 16.3. The third-order valence-electron chi connectivity index (χ3n) is 13.2. The Labute approximate surface area is 284 Å². The Morgan fingerprint density at radius 3 is 2.17 bits per heavy atom. The van der Waals surface area contributed by atoms with Crippen molar-refractivity contribution in [2.24, 2.45) is 52.3 Å². The number of benzene rings is 1. The molecule has 0 spiro atoms. The molecule has 9 unspecified atom stereocenters. The van der Waals surface area contributed by atoms with Gasteiger partial charge in [0.2, 0.25) is 0 Å². The molecule has 0 saturated heterocycles. The van der Waals surface area contributed by atoms with Crippen molar-refractivity contribution in [3.05, 3.63) is 56.1 Å². The number of carbonyl (C=O) groups is 2. The molecule has 264 valence electrons. The molecule has 0 amide bonds. The highest BCUT2D eigenvalue weighted by atomic mass is 16.6. The molecule has 1 aromatic rings. The van der Waals surface area contributed by atoms with Gasteiger partial charge in [0.15, 0.2) is 0 Å². The molecule has 10 heteroatoms. The first-order valence-corrected chi connectivity index (χ1v) is 18.2. The summed E-state index contributed by atoms with van der Waals surface area (Å²) in [7, 11) is 0. The van der Waals surface area contributed by atoms with Crippen LogP contribution in [0.3, 0.4) is 0 Å². The lowest BCUT2D eigenvalue weighted by molar-refractivity contribution is -0.394. The topological polar surface area (TPSA) is 139 Å². The molecule has 4 aliphatic rings. The molecule has 0 bridgehead atoms. The number of nitro benzene ring substituents is 2. The first kappa shape index (κ1) is 36.0. The number of rotatable bonds is 12. The molecule has 4 aliphatic carbocycles. The Balaban J connectivity index is 1.12. The van der Waals surface area contributed by atoms with E-state index < -0.39 is 39.8 Å². The predicted octanol–water partition coefficient (Wildman–Crippen LogP) is 9.14. The fourth-order valence-electron chi connectivity index (χ4n) is 10.8. The van der Waals surface area contributed by atoms with Crippen LogP contribution < -0.4 is 0 Å². The molecule has 48 heavy (non-hydrogen) atoms. The van der Waals surface area contributed by atoms with Crippen LogP contribution in [-0.2, 0) is 25.7 Å². The molecule has 1 aromatic carbocycles. The highest BCUT2D eigenvalue weighted by molar-refractivity contribution is 5.91. The molecule has 9 atom stereocenters. The average molecular weight is 667 g/mol. The standard InChI is InChI=1S/C38H54N2O8/c1-24(2)7-6-8-25(3)32-11-12-33-31-10-9-27-21-30(15-17-37(27,4)34(31)16-18-38(32,33)5)48-36(42)14-13-35(41)47-23-26-19-28(39(43)44)22-29(20-26)40(45)46/h13-14,19-20,22,24-25,27,30-34H,6-12,15-18,21,23H2,1-5H3. The van der Waals surface area contributed by atoms with Crippen LogP contribution in [0.2, 0.25) is 0 Å². The number of nitrogens with zero attached hydrogens (tertiary/aromatic N) is 2. The lowest BCUT2D eigenvalue weighted by atomic mass is 9.44. The Morgan fingerprint density at radius 1 is 0.854 bits per heavy atom. The third-order valence-corrected chi connectivity index (χ3v) is 13.2. The maximum atomic E-state index is 12.7. The highest BCUT2D eigenvalue weighted by Gasteiger charge is 2.60. The molecule has 5 rings (SSSR count). The predicted molar refractivity (Wildman–Crippen MR) is 182 cm³/mol. The van der Waals surface area contributed by atoms with E-state index in [0.717, 1.165) is 85.1 Å². The molecule has 0 aliphatic heterocycles. The monoisotopic (exact) mass is 666 g/mol. The molecular formula is C38H54N2O8. The largest absolute Gasteiger partial charge is 0.459 e. The Morgan fingerprint density at radius 2 is 1.50 bits per heavy atom. The van der Waals surface area contributed by atoms with E-state index in [-0.39, 0.29) is 17.1 Å². The first-order chi connectivity index (χ1) is 22.7.